The van der Waals surface area contributed by atoms with E-state index in [1.165, 1.54) is 0 Å². The van der Waals surface area contributed by atoms with Gasteiger partial charge in [0, 0.05) is 27.4 Å². The monoisotopic (exact) mass is 411 g/mol. The number of carbonyl (C=O) groups excluding carboxylic acids is 1. The minimum atomic E-state index is 0.0510. The Hall–Kier alpha value is 0.130. The second kappa shape index (κ2) is 6.77. The number of halogens is 3. The van der Waals surface area contributed by atoms with Crippen LogP contribution in [0.25, 0.3) is 0 Å². The second-order valence-corrected chi connectivity index (χ2v) is 5.76. The first-order valence-electron chi connectivity index (χ1n) is 4.90. The van der Waals surface area contributed by atoms with Gasteiger partial charge in [0.15, 0.2) is 0 Å². The number of nitrogens with zero attached hydrogens (tertiary/aromatic N) is 1. The van der Waals surface area contributed by atoms with Gasteiger partial charge in [-0.05, 0) is 41.1 Å². The maximum Gasteiger partial charge on any atom is 0.255 e. The molecule has 1 aromatic carbocycles. The van der Waals surface area contributed by atoms with Crippen molar-refractivity contribution in [2.24, 2.45) is 0 Å². The highest BCUT2D eigenvalue weighted by molar-refractivity contribution is 9.11. The van der Waals surface area contributed by atoms with Crippen molar-refractivity contribution in [2.45, 2.75) is 6.92 Å². The summed E-state index contributed by atoms with van der Waals surface area (Å²) < 4.78 is 1.74. The Morgan fingerprint density at radius 2 is 2.06 bits per heavy atom. The van der Waals surface area contributed by atoms with Crippen LogP contribution < -0.4 is 0 Å². The highest BCUT2D eigenvalue weighted by Gasteiger charge is 2.16. The first-order chi connectivity index (χ1) is 7.60. The van der Waals surface area contributed by atoms with E-state index in [0.717, 1.165) is 14.3 Å². The minimum Gasteiger partial charge on any atom is -0.338 e. The van der Waals surface area contributed by atoms with Gasteiger partial charge in [-0.25, -0.2) is 0 Å². The lowest BCUT2D eigenvalue weighted by molar-refractivity contribution is 0.0774. The standard InChI is InChI=1S/C11H12Br3NO/c1-2-15(6-5-12)11(16)9-7-8(13)3-4-10(9)14/h3-4,7H,2,5-6H2,1H3. The number of hydrogen-bond acceptors (Lipinski definition) is 1. The van der Waals surface area contributed by atoms with Crippen molar-refractivity contribution >= 4 is 53.7 Å². The molecular weight excluding hydrogens is 402 g/mol. The summed E-state index contributed by atoms with van der Waals surface area (Å²) in [5, 5.41) is 0.790. The second-order valence-electron chi connectivity index (χ2n) is 3.20. The third-order valence-corrected chi connectivity index (χ3v) is 3.72. The average molecular weight is 414 g/mol. The van der Waals surface area contributed by atoms with Gasteiger partial charge in [-0.2, -0.15) is 0 Å². The molecule has 0 spiro atoms. The summed E-state index contributed by atoms with van der Waals surface area (Å²) >= 11 is 10.1. The number of amides is 1. The molecule has 0 bridgehead atoms. The highest BCUT2D eigenvalue weighted by Crippen LogP contribution is 2.22. The molecule has 0 saturated heterocycles. The van der Waals surface area contributed by atoms with Crippen molar-refractivity contribution in [2.75, 3.05) is 18.4 Å². The molecule has 0 aliphatic heterocycles. The first kappa shape index (κ1) is 14.2. The number of carbonyl (C=O) groups is 1. The topological polar surface area (TPSA) is 20.3 Å². The molecule has 0 aromatic heterocycles. The summed E-state index contributed by atoms with van der Waals surface area (Å²) in [6, 6.07) is 5.62. The quantitative estimate of drug-likeness (QED) is 0.681. The molecule has 5 heteroatoms. The van der Waals surface area contributed by atoms with Gasteiger partial charge < -0.3 is 4.90 Å². The summed E-state index contributed by atoms with van der Waals surface area (Å²) in [7, 11) is 0. The Labute approximate surface area is 121 Å². The molecule has 0 saturated carbocycles. The van der Waals surface area contributed by atoms with Crippen molar-refractivity contribution < 1.29 is 4.79 Å². The van der Waals surface area contributed by atoms with E-state index in [-0.39, 0.29) is 5.91 Å². The molecule has 1 rings (SSSR count). The van der Waals surface area contributed by atoms with Gasteiger partial charge in [0.1, 0.15) is 0 Å². The normalized spacial score (nSPS) is 10.2. The minimum absolute atomic E-state index is 0.0510. The maximum absolute atomic E-state index is 12.2. The summed E-state index contributed by atoms with van der Waals surface area (Å²) in [5.74, 6) is 0.0510. The number of alkyl halides is 1. The molecule has 0 aliphatic carbocycles. The molecule has 0 fully saturated rings. The SMILES string of the molecule is CCN(CCBr)C(=O)c1cc(Br)ccc1Br. The Kier molecular flexibility index (Phi) is 6.00. The zero-order chi connectivity index (χ0) is 12.1. The molecule has 0 atom stereocenters. The zero-order valence-corrected chi connectivity index (χ0v) is 13.6. The molecular formula is C11H12Br3NO. The van der Waals surface area contributed by atoms with Gasteiger partial charge in [0.2, 0.25) is 0 Å². The van der Waals surface area contributed by atoms with Gasteiger partial charge in [-0.3, -0.25) is 4.79 Å². The molecule has 1 aromatic rings. The van der Waals surface area contributed by atoms with Crippen molar-refractivity contribution in [3.8, 4) is 0 Å². The zero-order valence-electron chi connectivity index (χ0n) is 8.84. The van der Waals surface area contributed by atoms with E-state index in [2.05, 4.69) is 47.8 Å². The fourth-order valence-electron chi connectivity index (χ4n) is 1.34. The van der Waals surface area contributed by atoms with Crippen LogP contribution in [0.4, 0.5) is 0 Å². The summed E-state index contributed by atoms with van der Waals surface area (Å²) in [6.07, 6.45) is 0. The third kappa shape index (κ3) is 3.57. The van der Waals surface area contributed by atoms with Gasteiger partial charge >= 0.3 is 0 Å². The first-order valence-corrected chi connectivity index (χ1v) is 7.61. The van der Waals surface area contributed by atoms with E-state index in [1.807, 2.05) is 25.1 Å². The van der Waals surface area contributed by atoms with Crippen LogP contribution in [-0.2, 0) is 0 Å². The number of rotatable bonds is 4. The Morgan fingerprint density at radius 3 is 2.62 bits per heavy atom. The lowest BCUT2D eigenvalue weighted by atomic mass is 10.2. The van der Waals surface area contributed by atoms with Crippen LogP contribution in [-0.4, -0.2) is 29.2 Å². The molecule has 88 valence electrons. The fraction of sp³-hybridized carbons (Fsp3) is 0.364. The lowest BCUT2D eigenvalue weighted by Crippen LogP contribution is -2.32. The molecule has 0 heterocycles. The predicted molar refractivity (Wildman–Crippen MR) is 77.2 cm³/mol. The molecule has 0 aliphatic rings. The van der Waals surface area contributed by atoms with Gasteiger partial charge in [-0.1, -0.05) is 31.9 Å². The Bertz CT molecular complexity index is 381. The largest absolute Gasteiger partial charge is 0.338 e. The molecule has 1 amide bonds. The molecule has 0 unspecified atom stereocenters. The maximum atomic E-state index is 12.2. The number of hydrogen-bond donors (Lipinski definition) is 0. The predicted octanol–water partition coefficient (Wildman–Crippen LogP) is 4.07. The number of benzene rings is 1. The van der Waals surface area contributed by atoms with Crippen LogP contribution in [0.2, 0.25) is 0 Å². The van der Waals surface area contributed by atoms with Gasteiger partial charge in [0.05, 0.1) is 5.56 Å². The fourth-order valence-corrected chi connectivity index (χ4v) is 2.54. The summed E-state index contributed by atoms with van der Waals surface area (Å²) in [5.41, 5.74) is 0.692. The summed E-state index contributed by atoms with van der Waals surface area (Å²) in [6.45, 7) is 3.41. The third-order valence-electron chi connectivity index (χ3n) is 2.18. The van der Waals surface area contributed by atoms with E-state index in [1.54, 1.807) is 4.90 Å². The van der Waals surface area contributed by atoms with E-state index < -0.39 is 0 Å². The Balaban J connectivity index is 2.98. The Morgan fingerprint density at radius 1 is 1.38 bits per heavy atom. The average Bonchev–Trinajstić information content (AvgIpc) is 2.28. The molecule has 2 nitrogen and oxygen atoms in total. The van der Waals surface area contributed by atoms with Crippen molar-refractivity contribution in [3.63, 3.8) is 0 Å². The van der Waals surface area contributed by atoms with Crippen LogP contribution >= 0.6 is 47.8 Å². The van der Waals surface area contributed by atoms with Crippen LogP contribution in [0.1, 0.15) is 17.3 Å². The molecule has 0 N–H and O–H groups in total. The van der Waals surface area contributed by atoms with Crippen LogP contribution in [0.15, 0.2) is 27.1 Å². The molecule has 0 radical (unpaired) electrons. The van der Waals surface area contributed by atoms with Gasteiger partial charge in [0.25, 0.3) is 5.91 Å². The van der Waals surface area contributed by atoms with E-state index >= 15 is 0 Å². The van der Waals surface area contributed by atoms with E-state index in [9.17, 15) is 4.79 Å². The van der Waals surface area contributed by atoms with Crippen molar-refractivity contribution in [3.05, 3.63) is 32.7 Å². The lowest BCUT2D eigenvalue weighted by Gasteiger charge is -2.20. The van der Waals surface area contributed by atoms with Crippen LogP contribution in [0.5, 0.6) is 0 Å². The van der Waals surface area contributed by atoms with Crippen molar-refractivity contribution in [1.29, 1.82) is 0 Å². The van der Waals surface area contributed by atoms with E-state index in [0.29, 0.717) is 18.7 Å². The van der Waals surface area contributed by atoms with E-state index in [4.69, 9.17) is 0 Å². The van der Waals surface area contributed by atoms with Crippen LogP contribution in [0, 0.1) is 0 Å². The summed E-state index contributed by atoms with van der Waals surface area (Å²) in [4.78, 5) is 14.0. The molecule has 16 heavy (non-hydrogen) atoms. The van der Waals surface area contributed by atoms with Crippen LogP contribution in [0.3, 0.4) is 0 Å². The van der Waals surface area contributed by atoms with Crippen molar-refractivity contribution in [1.82, 2.24) is 4.90 Å². The van der Waals surface area contributed by atoms with Gasteiger partial charge in [-0.15, -0.1) is 0 Å². The smallest absolute Gasteiger partial charge is 0.255 e. The highest BCUT2D eigenvalue weighted by atomic mass is 79.9.